The van der Waals surface area contributed by atoms with Crippen LogP contribution < -0.4 is 0 Å². The number of benzene rings is 1. The molecule has 1 aliphatic rings. The molecule has 0 aliphatic carbocycles. The van der Waals surface area contributed by atoms with Crippen LogP contribution in [0.1, 0.15) is 0 Å². The quantitative estimate of drug-likeness (QED) is 0.588. The van der Waals surface area contributed by atoms with Crippen molar-refractivity contribution in [2.75, 3.05) is 12.4 Å². The van der Waals surface area contributed by atoms with Crippen molar-refractivity contribution in [3.63, 3.8) is 0 Å². The molecule has 1 aromatic rings. The van der Waals surface area contributed by atoms with Crippen molar-refractivity contribution >= 4 is 17.9 Å². The molecule has 3 nitrogen and oxygen atoms in total. The number of cyclic esters (lactones) is 2. The minimum atomic E-state index is -0.611. The first kappa shape index (κ1) is 10.3. The number of thioether (sulfide) groups is 1. The number of hydrogen-bond acceptors (Lipinski definition) is 4. The van der Waals surface area contributed by atoms with Gasteiger partial charge in [0.05, 0.1) is 0 Å². The van der Waals surface area contributed by atoms with Gasteiger partial charge in [-0.05, 0) is 24.3 Å². The molecule has 1 fully saturated rings. The van der Waals surface area contributed by atoms with Crippen molar-refractivity contribution in [2.45, 2.75) is 11.0 Å². The summed E-state index contributed by atoms with van der Waals surface area (Å²) in [6, 6.07) is 6.19. The van der Waals surface area contributed by atoms with E-state index in [2.05, 4.69) is 4.74 Å². The molecule has 0 N–H and O–H groups in total. The van der Waals surface area contributed by atoms with Crippen LogP contribution in [0, 0.1) is 5.82 Å². The van der Waals surface area contributed by atoms with Crippen molar-refractivity contribution in [3.05, 3.63) is 30.1 Å². The second-order valence-electron chi connectivity index (χ2n) is 3.07. The normalized spacial score (nSPS) is 19.8. The van der Waals surface area contributed by atoms with Gasteiger partial charge in [0.1, 0.15) is 18.5 Å². The Kier molecular flexibility index (Phi) is 3.11. The summed E-state index contributed by atoms with van der Waals surface area (Å²) < 4.78 is 22.1. The zero-order valence-electron chi connectivity index (χ0n) is 7.81. The van der Waals surface area contributed by atoms with Gasteiger partial charge >= 0.3 is 6.16 Å². The molecule has 5 heteroatoms. The van der Waals surface area contributed by atoms with Crippen LogP contribution in [0.2, 0.25) is 0 Å². The number of carbonyl (C=O) groups is 1. The Morgan fingerprint density at radius 1 is 1.40 bits per heavy atom. The van der Waals surface area contributed by atoms with Gasteiger partial charge in [-0.3, -0.25) is 0 Å². The number of carbonyl (C=O) groups excluding carboxylic acids is 1. The Hall–Kier alpha value is -1.23. The van der Waals surface area contributed by atoms with Crippen LogP contribution >= 0.6 is 11.8 Å². The molecule has 0 bridgehead atoms. The molecule has 0 amide bonds. The lowest BCUT2D eigenvalue weighted by Crippen LogP contribution is -2.12. The van der Waals surface area contributed by atoms with E-state index < -0.39 is 6.16 Å². The molecule has 80 valence electrons. The van der Waals surface area contributed by atoms with E-state index in [9.17, 15) is 9.18 Å². The molecule has 0 spiro atoms. The number of halogens is 1. The second kappa shape index (κ2) is 4.53. The molecule has 1 saturated heterocycles. The van der Waals surface area contributed by atoms with E-state index in [1.165, 1.54) is 23.9 Å². The Balaban J connectivity index is 1.83. The van der Waals surface area contributed by atoms with Gasteiger partial charge in [0.15, 0.2) is 0 Å². The van der Waals surface area contributed by atoms with Gasteiger partial charge in [-0.2, -0.15) is 0 Å². The molecular weight excluding hydrogens is 219 g/mol. The average Bonchev–Trinajstić information content (AvgIpc) is 2.64. The highest BCUT2D eigenvalue weighted by Crippen LogP contribution is 2.21. The first-order valence-corrected chi connectivity index (χ1v) is 5.44. The maximum absolute atomic E-state index is 12.6. The van der Waals surface area contributed by atoms with Gasteiger partial charge in [0.25, 0.3) is 0 Å². The minimum absolute atomic E-state index is 0.201. The van der Waals surface area contributed by atoms with Gasteiger partial charge in [0, 0.05) is 10.6 Å². The van der Waals surface area contributed by atoms with Crippen LogP contribution in [0.4, 0.5) is 9.18 Å². The molecule has 0 aromatic heterocycles. The van der Waals surface area contributed by atoms with Crippen molar-refractivity contribution in [1.82, 2.24) is 0 Å². The predicted octanol–water partition coefficient (Wildman–Crippen LogP) is 2.45. The summed E-state index contributed by atoms with van der Waals surface area (Å²) >= 11 is 1.50. The SMILES string of the molecule is O=C1OCC(CSc2ccc(F)cc2)O1. The third-order valence-corrected chi connectivity index (χ3v) is 3.04. The van der Waals surface area contributed by atoms with E-state index in [1.54, 1.807) is 12.1 Å². The highest BCUT2D eigenvalue weighted by Gasteiger charge is 2.24. The van der Waals surface area contributed by atoms with Crippen molar-refractivity contribution in [1.29, 1.82) is 0 Å². The summed E-state index contributed by atoms with van der Waals surface area (Å²) in [6.07, 6.45) is -0.813. The number of ether oxygens (including phenoxy) is 2. The third kappa shape index (κ3) is 2.86. The van der Waals surface area contributed by atoms with E-state index in [1.807, 2.05) is 0 Å². The van der Waals surface area contributed by atoms with Crippen molar-refractivity contribution in [3.8, 4) is 0 Å². The lowest BCUT2D eigenvalue weighted by molar-refractivity contribution is 0.122. The van der Waals surface area contributed by atoms with Gasteiger partial charge in [-0.1, -0.05) is 0 Å². The molecular formula is C10H9FO3S. The number of rotatable bonds is 3. The minimum Gasteiger partial charge on any atom is -0.430 e. The second-order valence-corrected chi connectivity index (χ2v) is 4.16. The van der Waals surface area contributed by atoms with Gasteiger partial charge < -0.3 is 9.47 Å². The van der Waals surface area contributed by atoms with Crippen LogP contribution in [-0.2, 0) is 9.47 Å². The fraction of sp³-hybridized carbons (Fsp3) is 0.300. The smallest absolute Gasteiger partial charge is 0.430 e. The molecule has 1 atom stereocenters. The van der Waals surface area contributed by atoms with Crippen LogP contribution in [0.15, 0.2) is 29.2 Å². The predicted molar refractivity (Wildman–Crippen MR) is 53.3 cm³/mol. The highest BCUT2D eigenvalue weighted by molar-refractivity contribution is 7.99. The summed E-state index contributed by atoms with van der Waals surface area (Å²) in [5.74, 6) is 0.368. The van der Waals surface area contributed by atoms with Crippen LogP contribution in [0.3, 0.4) is 0 Å². The first-order chi connectivity index (χ1) is 7.24. The average molecular weight is 228 g/mol. The van der Waals surface area contributed by atoms with E-state index in [0.717, 1.165) is 4.90 Å². The summed E-state index contributed by atoms with van der Waals surface area (Å²) in [6.45, 7) is 0.299. The Morgan fingerprint density at radius 3 is 2.73 bits per heavy atom. The third-order valence-electron chi connectivity index (χ3n) is 1.90. The zero-order valence-corrected chi connectivity index (χ0v) is 8.63. The number of hydrogen-bond donors (Lipinski definition) is 0. The zero-order chi connectivity index (χ0) is 10.7. The Bertz CT molecular complexity index is 352. The van der Waals surface area contributed by atoms with E-state index in [4.69, 9.17) is 4.74 Å². The molecule has 2 rings (SSSR count). The van der Waals surface area contributed by atoms with E-state index in [0.29, 0.717) is 12.4 Å². The lowest BCUT2D eigenvalue weighted by atomic mass is 10.4. The fourth-order valence-electron chi connectivity index (χ4n) is 1.17. The summed E-state index contributed by atoms with van der Waals surface area (Å²) in [5.41, 5.74) is 0. The molecule has 0 radical (unpaired) electrons. The molecule has 1 heterocycles. The molecule has 1 aliphatic heterocycles. The maximum Gasteiger partial charge on any atom is 0.508 e. The van der Waals surface area contributed by atoms with Crippen LogP contribution in [0.25, 0.3) is 0 Å². The summed E-state index contributed by atoms with van der Waals surface area (Å²) in [4.78, 5) is 11.6. The highest BCUT2D eigenvalue weighted by atomic mass is 32.2. The molecule has 0 saturated carbocycles. The first-order valence-electron chi connectivity index (χ1n) is 4.46. The fourth-order valence-corrected chi connectivity index (χ4v) is 2.04. The van der Waals surface area contributed by atoms with E-state index in [-0.39, 0.29) is 11.9 Å². The Labute approximate surface area is 90.6 Å². The largest absolute Gasteiger partial charge is 0.508 e. The maximum atomic E-state index is 12.6. The van der Waals surface area contributed by atoms with E-state index >= 15 is 0 Å². The van der Waals surface area contributed by atoms with Crippen molar-refractivity contribution in [2.24, 2.45) is 0 Å². The Morgan fingerprint density at radius 2 is 2.13 bits per heavy atom. The van der Waals surface area contributed by atoms with Gasteiger partial charge in [-0.15, -0.1) is 11.8 Å². The van der Waals surface area contributed by atoms with Crippen LogP contribution in [0.5, 0.6) is 0 Å². The summed E-state index contributed by atoms with van der Waals surface area (Å²) in [5, 5.41) is 0. The topological polar surface area (TPSA) is 35.5 Å². The molecule has 1 unspecified atom stereocenters. The van der Waals surface area contributed by atoms with Crippen LogP contribution in [-0.4, -0.2) is 24.6 Å². The van der Waals surface area contributed by atoms with Gasteiger partial charge in [0.2, 0.25) is 0 Å². The lowest BCUT2D eigenvalue weighted by Gasteiger charge is -2.05. The van der Waals surface area contributed by atoms with Crippen molar-refractivity contribution < 1.29 is 18.7 Å². The monoisotopic (exact) mass is 228 g/mol. The molecule has 1 aromatic carbocycles. The standard InChI is InChI=1S/C10H9FO3S/c11-7-1-3-9(4-2-7)15-6-8-5-13-10(12)14-8/h1-4,8H,5-6H2. The van der Waals surface area contributed by atoms with Gasteiger partial charge in [-0.25, -0.2) is 9.18 Å². The summed E-state index contributed by atoms with van der Waals surface area (Å²) in [7, 11) is 0. The molecule has 15 heavy (non-hydrogen) atoms.